The van der Waals surface area contributed by atoms with E-state index in [9.17, 15) is 9.59 Å². The maximum absolute atomic E-state index is 12.3. The van der Waals surface area contributed by atoms with Gasteiger partial charge in [0.15, 0.2) is 0 Å². The summed E-state index contributed by atoms with van der Waals surface area (Å²) in [5.74, 6) is 0.266. The summed E-state index contributed by atoms with van der Waals surface area (Å²) in [6.45, 7) is 1.00. The van der Waals surface area contributed by atoms with Gasteiger partial charge in [0.1, 0.15) is 11.3 Å². The number of likely N-dealkylation sites (tertiary alicyclic amines) is 1. The van der Waals surface area contributed by atoms with E-state index in [2.05, 4.69) is 20.5 Å². The summed E-state index contributed by atoms with van der Waals surface area (Å²) in [7, 11) is 1.64. The van der Waals surface area contributed by atoms with Crippen molar-refractivity contribution in [1.29, 1.82) is 0 Å². The molecule has 4 rings (SSSR count). The van der Waals surface area contributed by atoms with Crippen molar-refractivity contribution in [3.8, 4) is 5.75 Å². The lowest BCUT2D eigenvalue weighted by atomic mass is 10.1. The fourth-order valence-corrected chi connectivity index (χ4v) is 3.79. The molecule has 1 saturated heterocycles. The van der Waals surface area contributed by atoms with Crippen LogP contribution in [0.4, 0.5) is 5.13 Å². The molecular formula is C18H19N5O3S. The Bertz CT molecular complexity index is 969. The fourth-order valence-electron chi connectivity index (χ4n) is 3.35. The number of rotatable bonds is 6. The summed E-state index contributed by atoms with van der Waals surface area (Å²) in [5.41, 5.74) is 3.71. The number of H-pyrrole nitrogens is 1. The van der Waals surface area contributed by atoms with Gasteiger partial charge in [-0.2, -0.15) is 0 Å². The molecule has 1 aromatic carbocycles. The van der Waals surface area contributed by atoms with Gasteiger partial charge in [0.25, 0.3) is 0 Å². The van der Waals surface area contributed by atoms with Gasteiger partial charge in [0.05, 0.1) is 13.0 Å². The SMILES string of the molecule is COc1ccc2[nH]cc(CCN3C[C@H](C(=O)Nc4nncs4)CC3=O)c2c1. The minimum atomic E-state index is -0.357. The Hall–Kier alpha value is -2.94. The lowest BCUT2D eigenvalue weighted by Crippen LogP contribution is -2.30. The molecule has 9 heteroatoms. The highest BCUT2D eigenvalue weighted by Gasteiger charge is 2.34. The van der Waals surface area contributed by atoms with Crippen LogP contribution in [0.25, 0.3) is 10.9 Å². The van der Waals surface area contributed by atoms with E-state index in [1.807, 2.05) is 24.4 Å². The molecule has 2 aromatic heterocycles. The summed E-state index contributed by atoms with van der Waals surface area (Å²) in [6, 6.07) is 5.88. The summed E-state index contributed by atoms with van der Waals surface area (Å²) < 4.78 is 5.29. The number of hydrogen-bond donors (Lipinski definition) is 2. The number of hydrogen-bond acceptors (Lipinski definition) is 6. The van der Waals surface area contributed by atoms with Crippen LogP contribution < -0.4 is 10.1 Å². The molecule has 1 aliphatic heterocycles. The Balaban J connectivity index is 1.39. The van der Waals surface area contributed by atoms with E-state index < -0.39 is 0 Å². The molecule has 0 unspecified atom stereocenters. The molecule has 2 N–H and O–H groups in total. The van der Waals surface area contributed by atoms with Crippen LogP contribution >= 0.6 is 11.3 Å². The highest BCUT2D eigenvalue weighted by atomic mass is 32.1. The summed E-state index contributed by atoms with van der Waals surface area (Å²) >= 11 is 1.26. The molecule has 1 aliphatic rings. The number of benzene rings is 1. The first-order chi connectivity index (χ1) is 13.1. The number of carbonyl (C=O) groups is 2. The maximum Gasteiger partial charge on any atom is 0.231 e. The van der Waals surface area contributed by atoms with Crippen LogP contribution in [0.15, 0.2) is 29.9 Å². The average Bonchev–Trinajstić information content (AvgIpc) is 3.40. The van der Waals surface area contributed by atoms with Crippen LogP contribution in [0, 0.1) is 5.92 Å². The summed E-state index contributed by atoms with van der Waals surface area (Å²) in [5, 5.41) is 11.8. The summed E-state index contributed by atoms with van der Waals surface area (Å²) in [4.78, 5) is 29.6. The first-order valence-corrected chi connectivity index (χ1v) is 9.51. The smallest absolute Gasteiger partial charge is 0.231 e. The van der Waals surface area contributed by atoms with Crippen molar-refractivity contribution >= 4 is 39.2 Å². The molecular weight excluding hydrogens is 366 g/mol. The van der Waals surface area contributed by atoms with Crippen LogP contribution in [0.5, 0.6) is 5.75 Å². The van der Waals surface area contributed by atoms with Crippen molar-refractivity contribution in [2.24, 2.45) is 5.92 Å². The van der Waals surface area contributed by atoms with Crippen molar-refractivity contribution < 1.29 is 14.3 Å². The second-order valence-corrected chi connectivity index (χ2v) is 7.28. The molecule has 27 heavy (non-hydrogen) atoms. The van der Waals surface area contributed by atoms with Crippen molar-refractivity contribution in [3.63, 3.8) is 0 Å². The second kappa shape index (κ2) is 7.36. The predicted octanol–water partition coefficient (Wildman–Crippen LogP) is 2.06. The Morgan fingerprint density at radius 2 is 2.37 bits per heavy atom. The number of aromatic nitrogens is 3. The number of amides is 2. The average molecular weight is 385 g/mol. The van der Waals surface area contributed by atoms with E-state index in [0.717, 1.165) is 22.2 Å². The highest BCUT2D eigenvalue weighted by Crippen LogP contribution is 2.25. The molecule has 2 amide bonds. The van der Waals surface area contributed by atoms with E-state index in [0.29, 0.717) is 24.6 Å². The number of fused-ring (bicyclic) bond motifs is 1. The first-order valence-electron chi connectivity index (χ1n) is 8.63. The van der Waals surface area contributed by atoms with Gasteiger partial charge in [-0.05, 0) is 30.2 Å². The van der Waals surface area contributed by atoms with Crippen LogP contribution in [-0.4, -0.2) is 52.1 Å². The Labute approximate surface area is 159 Å². The predicted molar refractivity (Wildman–Crippen MR) is 102 cm³/mol. The molecule has 1 atom stereocenters. The van der Waals surface area contributed by atoms with E-state index in [-0.39, 0.29) is 24.2 Å². The zero-order valence-corrected chi connectivity index (χ0v) is 15.6. The van der Waals surface area contributed by atoms with E-state index in [4.69, 9.17) is 4.74 Å². The molecule has 0 bridgehead atoms. The molecule has 0 aliphatic carbocycles. The van der Waals surface area contributed by atoms with Crippen LogP contribution in [-0.2, 0) is 16.0 Å². The van der Waals surface area contributed by atoms with E-state index >= 15 is 0 Å². The van der Waals surface area contributed by atoms with Crippen molar-refractivity contribution in [2.75, 3.05) is 25.5 Å². The number of nitrogens with one attached hydrogen (secondary N) is 2. The Kier molecular flexibility index (Phi) is 4.76. The molecule has 3 aromatic rings. The van der Waals surface area contributed by atoms with Crippen LogP contribution in [0.2, 0.25) is 0 Å². The van der Waals surface area contributed by atoms with Gasteiger partial charge in [0.2, 0.25) is 16.9 Å². The van der Waals surface area contributed by atoms with Crippen molar-refractivity contribution in [1.82, 2.24) is 20.1 Å². The number of ether oxygens (including phenoxy) is 1. The largest absolute Gasteiger partial charge is 0.497 e. The second-order valence-electron chi connectivity index (χ2n) is 6.45. The van der Waals surface area contributed by atoms with Crippen LogP contribution in [0.3, 0.4) is 0 Å². The standard InChI is InChI=1S/C18H19N5O3S/c1-26-13-2-3-15-14(7-13)11(8-19-15)4-5-23-9-12(6-16(23)24)17(25)21-18-22-20-10-27-18/h2-3,7-8,10,12,19H,4-6,9H2,1H3,(H,21,22,25)/t12-/m1/s1. The third kappa shape index (κ3) is 3.63. The molecule has 3 heterocycles. The highest BCUT2D eigenvalue weighted by molar-refractivity contribution is 7.13. The zero-order valence-electron chi connectivity index (χ0n) is 14.8. The zero-order chi connectivity index (χ0) is 18.8. The maximum atomic E-state index is 12.3. The van der Waals surface area contributed by atoms with Gasteiger partial charge in [-0.25, -0.2) is 0 Å². The quantitative estimate of drug-likeness (QED) is 0.676. The van der Waals surface area contributed by atoms with Gasteiger partial charge in [0, 0.05) is 36.6 Å². The molecule has 0 radical (unpaired) electrons. The number of methoxy groups -OCH3 is 1. The third-order valence-electron chi connectivity index (χ3n) is 4.80. The molecule has 1 fully saturated rings. The van der Waals surface area contributed by atoms with Gasteiger partial charge in [-0.15, -0.1) is 10.2 Å². The van der Waals surface area contributed by atoms with Gasteiger partial charge in [-0.1, -0.05) is 11.3 Å². The number of carbonyl (C=O) groups excluding carboxylic acids is 2. The first kappa shape index (κ1) is 17.5. The minimum Gasteiger partial charge on any atom is -0.497 e. The Morgan fingerprint density at radius 1 is 1.48 bits per heavy atom. The molecule has 0 spiro atoms. The summed E-state index contributed by atoms with van der Waals surface area (Å²) in [6.07, 6.45) is 2.90. The van der Waals surface area contributed by atoms with Crippen molar-refractivity contribution in [3.05, 3.63) is 35.5 Å². The number of nitrogens with zero attached hydrogens (tertiary/aromatic N) is 3. The lowest BCUT2D eigenvalue weighted by Gasteiger charge is -2.16. The van der Waals surface area contributed by atoms with E-state index in [1.54, 1.807) is 17.5 Å². The minimum absolute atomic E-state index is 0.00448. The van der Waals surface area contributed by atoms with Crippen molar-refractivity contribution in [2.45, 2.75) is 12.8 Å². The lowest BCUT2D eigenvalue weighted by molar-refractivity contribution is -0.128. The third-order valence-corrected chi connectivity index (χ3v) is 5.41. The molecule has 8 nitrogen and oxygen atoms in total. The number of anilines is 1. The molecule has 140 valence electrons. The normalized spacial score (nSPS) is 16.9. The van der Waals surface area contributed by atoms with Gasteiger partial charge < -0.3 is 19.9 Å². The van der Waals surface area contributed by atoms with Gasteiger partial charge >= 0.3 is 0 Å². The monoisotopic (exact) mass is 385 g/mol. The van der Waals surface area contributed by atoms with E-state index in [1.165, 1.54) is 11.3 Å². The Morgan fingerprint density at radius 3 is 3.15 bits per heavy atom. The van der Waals surface area contributed by atoms with Gasteiger partial charge in [-0.3, -0.25) is 9.59 Å². The number of aromatic amines is 1. The van der Waals surface area contributed by atoms with Crippen LogP contribution in [0.1, 0.15) is 12.0 Å². The molecule has 0 saturated carbocycles. The topological polar surface area (TPSA) is 100 Å². The fraction of sp³-hybridized carbons (Fsp3) is 0.333.